The van der Waals surface area contributed by atoms with Crippen LogP contribution in [0.4, 0.5) is 0 Å². The maximum atomic E-state index is 11.6. The van der Waals surface area contributed by atoms with Gasteiger partial charge in [0.15, 0.2) is 11.0 Å². The molecule has 0 aliphatic rings. The van der Waals surface area contributed by atoms with Gasteiger partial charge in [-0.15, -0.1) is 10.2 Å². The van der Waals surface area contributed by atoms with Crippen molar-refractivity contribution in [3.8, 4) is 5.69 Å². The average Bonchev–Trinajstić information content (AvgIpc) is 2.86. The maximum Gasteiger partial charge on any atom is 0.313 e. The molecule has 0 bridgehead atoms. The molecule has 2 aromatic rings. The zero-order valence-electron chi connectivity index (χ0n) is 13.5. The lowest BCUT2D eigenvalue weighted by atomic mass is 10.2. The third-order valence-corrected chi connectivity index (χ3v) is 5.39. The topological polar surface area (TPSA) is 105 Å². The van der Waals surface area contributed by atoms with Gasteiger partial charge in [-0.25, -0.2) is 8.42 Å². The van der Waals surface area contributed by atoms with Crippen molar-refractivity contribution in [1.82, 2.24) is 19.1 Å². The molecule has 1 heterocycles. The quantitative estimate of drug-likeness (QED) is 0.729. The lowest BCUT2D eigenvalue weighted by Gasteiger charge is -2.15. The first kappa shape index (κ1) is 18.4. The Balaban J connectivity index is 2.45. The van der Waals surface area contributed by atoms with Crippen LogP contribution in [-0.4, -0.2) is 57.6 Å². The minimum atomic E-state index is -3.37. The van der Waals surface area contributed by atoms with Crippen molar-refractivity contribution in [3.05, 3.63) is 35.7 Å². The average molecular weight is 370 g/mol. The monoisotopic (exact) mass is 370 g/mol. The Bertz CT molecular complexity index is 848. The number of hydrogen-bond acceptors (Lipinski definition) is 6. The number of thioether (sulfide) groups is 1. The Morgan fingerprint density at radius 1 is 1.38 bits per heavy atom. The van der Waals surface area contributed by atoms with Gasteiger partial charge in [0.25, 0.3) is 0 Å². The van der Waals surface area contributed by atoms with Gasteiger partial charge in [-0.05, 0) is 24.6 Å². The van der Waals surface area contributed by atoms with Crippen LogP contribution in [0.25, 0.3) is 5.69 Å². The van der Waals surface area contributed by atoms with Crippen molar-refractivity contribution in [3.63, 3.8) is 0 Å². The fourth-order valence-electron chi connectivity index (χ4n) is 1.97. The minimum Gasteiger partial charge on any atom is -0.481 e. The number of hydrogen-bond donors (Lipinski definition) is 1. The van der Waals surface area contributed by atoms with Crippen LogP contribution < -0.4 is 0 Å². The van der Waals surface area contributed by atoms with E-state index in [1.165, 1.54) is 7.05 Å². The van der Waals surface area contributed by atoms with Crippen LogP contribution in [0.3, 0.4) is 0 Å². The molecule has 0 unspecified atom stereocenters. The molecule has 0 saturated heterocycles. The zero-order valence-corrected chi connectivity index (χ0v) is 15.1. The van der Waals surface area contributed by atoms with Crippen LogP contribution in [0, 0.1) is 6.92 Å². The van der Waals surface area contributed by atoms with Gasteiger partial charge in [0.05, 0.1) is 18.6 Å². The van der Waals surface area contributed by atoms with E-state index in [0.717, 1.165) is 33.6 Å². The van der Waals surface area contributed by atoms with Crippen LogP contribution in [0.1, 0.15) is 11.4 Å². The highest BCUT2D eigenvalue weighted by molar-refractivity contribution is 7.99. The summed E-state index contributed by atoms with van der Waals surface area (Å²) in [4.78, 5) is 10.8. The highest BCUT2D eigenvalue weighted by atomic mass is 32.2. The molecule has 24 heavy (non-hydrogen) atoms. The third kappa shape index (κ3) is 4.56. The van der Waals surface area contributed by atoms with Crippen molar-refractivity contribution in [2.24, 2.45) is 0 Å². The van der Waals surface area contributed by atoms with Crippen molar-refractivity contribution in [1.29, 1.82) is 0 Å². The Hall–Kier alpha value is -1.91. The summed E-state index contributed by atoms with van der Waals surface area (Å²) >= 11 is 1.03. The van der Waals surface area contributed by atoms with Crippen LogP contribution in [0.15, 0.2) is 29.4 Å². The largest absolute Gasteiger partial charge is 0.481 e. The van der Waals surface area contributed by atoms with Gasteiger partial charge in [0.2, 0.25) is 10.0 Å². The Morgan fingerprint density at radius 2 is 2.08 bits per heavy atom. The first-order valence-electron chi connectivity index (χ1n) is 6.95. The number of aliphatic carboxylic acids is 1. The van der Waals surface area contributed by atoms with Crippen LogP contribution in [-0.2, 0) is 21.4 Å². The number of carboxylic acid groups (broad SMARTS) is 1. The molecule has 10 heteroatoms. The van der Waals surface area contributed by atoms with Gasteiger partial charge in [-0.2, -0.15) is 4.31 Å². The summed E-state index contributed by atoms with van der Waals surface area (Å²) < 4.78 is 26.1. The number of benzene rings is 1. The maximum absolute atomic E-state index is 11.6. The van der Waals surface area contributed by atoms with Crippen molar-refractivity contribution >= 4 is 27.8 Å². The summed E-state index contributed by atoms with van der Waals surface area (Å²) in [5, 5.41) is 17.3. The zero-order chi connectivity index (χ0) is 17.9. The second-order valence-corrected chi connectivity index (χ2v) is 8.31. The minimum absolute atomic E-state index is 0.0351. The Morgan fingerprint density at radius 3 is 2.67 bits per heavy atom. The molecule has 2 rings (SSSR count). The molecule has 1 aromatic carbocycles. The van der Waals surface area contributed by atoms with E-state index in [1.807, 2.05) is 31.2 Å². The van der Waals surface area contributed by atoms with E-state index >= 15 is 0 Å². The second-order valence-electron chi connectivity index (χ2n) is 5.27. The van der Waals surface area contributed by atoms with Gasteiger partial charge >= 0.3 is 5.97 Å². The van der Waals surface area contributed by atoms with E-state index in [-0.39, 0.29) is 12.3 Å². The normalized spacial score (nSPS) is 11.8. The SMILES string of the molecule is Cc1cccc(-n2c(CN(C)S(C)(=O)=O)nnc2SCC(=O)O)c1. The third-order valence-electron chi connectivity index (χ3n) is 3.22. The van der Waals surface area contributed by atoms with Crippen LogP contribution >= 0.6 is 11.8 Å². The Kier molecular flexibility index (Phi) is 5.62. The van der Waals surface area contributed by atoms with E-state index in [2.05, 4.69) is 10.2 Å². The van der Waals surface area contributed by atoms with E-state index in [4.69, 9.17) is 5.11 Å². The summed E-state index contributed by atoms with van der Waals surface area (Å²) in [6, 6.07) is 7.53. The number of sulfonamides is 1. The lowest BCUT2D eigenvalue weighted by Crippen LogP contribution is -2.26. The highest BCUT2D eigenvalue weighted by Crippen LogP contribution is 2.23. The number of rotatable bonds is 7. The summed E-state index contributed by atoms with van der Waals surface area (Å²) in [6.45, 7) is 1.97. The molecule has 8 nitrogen and oxygen atoms in total. The molecule has 0 amide bonds. The summed E-state index contributed by atoms with van der Waals surface area (Å²) in [5.74, 6) is -0.707. The molecule has 0 atom stereocenters. The second kappa shape index (κ2) is 7.32. The molecule has 0 aliphatic carbocycles. The van der Waals surface area contributed by atoms with Crippen molar-refractivity contribution in [2.45, 2.75) is 18.6 Å². The van der Waals surface area contributed by atoms with Gasteiger partial charge < -0.3 is 5.11 Å². The van der Waals surface area contributed by atoms with E-state index in [1.54, 1.807) is 4.57 Å². The molecule has 0 aliphatic heterocycles. The molecule has 1 aromatic heterocycles. The van der Waals surface area contributed by atoms with E-state index in [9.17, 15) is 13.2 Å². The van der Waals surface area contributed by atoms with E-state index in [0.29, 0.717) is 11.0 Å². The predicted molar refractivity (Wildman–Crippen MR) is 90.8 cm³/mol. The van der Waals surface area contributed by atoms with Gasteiger partial charge in [-0.3, -0.25) is 9.36 Å². The summed E-state index contributed by atoms with van der Waals surface area (Å²) in [5.41, 5.74) is 1.77. The lowest BCUT2D eigenvalue weighted by molar-refractivity contribution is -0.133. The highest BCUT2D eigenvalue weighted by Gasteiger charge is 2.20. The number of carbonyl (C=O) groups is 1. The fraction of sp³-hybridized carbons (Fsp3) is 0.357. The molecular weight excluding hydrogens is 352 g/mol. The van der Waals surface area contributed by atoms with E-state index < -0.39 is 16.0 Å². The van der Waals surface area contributed by atoms with Gasteiger partial charge in [0, 0.05) is 12.7 Å². The molecule has 0 spiro atoms. The van der Waals surface area contributed by atoms with Gasteiger partial charge in [0.1, 0.15) is 0 Å². The molecule has 130 valence electrons. The number of aryl methyl sites for hydroxylation is 1. The smallest absolute Gasteiger partial charge is 0.313 e. The fourth-order valence-corrected chi connectivity index (χ4v) is 3.01. The number of nitrogens with zero attached hydrogens (tertiary/aromatic N) is 4. The standard InChI is InChI=1S/C14H18N4O4S2/c1-10-5-4-6-11(7-10)18-12(8-17(2)24(3,21)22)15-16-14(18)23-9-13(19)20/h4-7H,8-9H2,1-3H3,(H,19,20). The van der Waals surface area contributed by atoms with Crippen molar-refractivity contribution < 1.29 is 18.3 Å². The molecule has 1 N–H and O–H groups in total. The predicted octanol–water partition coefficient (Wildman–Crippen LogP) is 1.14. The first-order valence-corrected chi connectivity index (χ1v) is 9.79. The Labute approximate surface area is 144 Å². The van der Waals surface area contributed by atoms with Crippen LogP contribution in [0.2, 0.25) is 0 Å². The van der Waals surface area contributed by atoms with Crippen LogP contribution in [0.5, 0.6) is 0 Å². The molecular formula is C14H18N4O4S2. The molecule has 0 fully saturated rings. The molecule has 0 saturated carbocycles. The van der Waals surface area contributed by atoms with Gasteiger partial charge in [-0.1, -0.05) is 23.9 Å². The molecule has 0 radical (unpaired) electrons. The summed E-state index contributed by atoms with van der Waals surface area (Å²) in [6.07, 6.45) is 1.11. The first-order chi connectivity index (χ1) is 11.2. The number of aromatic nitrogens is 3. The summed E-state index contributed by atoms with van der Waals surface area (Å²) in [7, 11) is -1.92. The van der Waals surface area contributed by atoms with Crippen molar-refractivity contribution in [2.75, 3.05) is 19.1 Å². The number of carboxylic acids is 1.